The van der Waals surface area contributed by atoms with Crippen LogP contribution in [0.25, 0.3) is 0 Å². The lowest BCUT2D eigenvalue weighted by molar-refractivity contribution is -0.169. The smallest absolute Gasteiger partial charge is 0.158 e. The summed E-state index contributed by atoms with van der Waals surface area (Å²) in [6, 6.07) is 3.60. The van der Waals surface area contributed by atoms with Gasteiger partial charge in [0.1, 0.15) is 5.75 Å². The standard InChI is InChI=1S/C15H21BrO3/c1-2-5-11-12(13(16)7-8-14(11)17)10-19-15-6-3-4-9-18-15/h7-8,15,17H,2-6,9-10H2,1H3. The van der Waals surface area contributed by atoms with Crippen LogP contribution in [0.5, 0.6) is 5.75 Å². The molecule has 1 atom stereocenters. The number of ether oxygens (including phenoxy) is 2. The fourth-order valence-electron chi connectivity index (χ4n) is 2.36. The molecule has 1 N–H and O–H groups in total. The summed E-state index contributed by atoms with van der Waals surface area (Å²) < 4.78 is 12.4. The molecule has 0 saturated carbocycles. The summed E-state index contributed by atoms with van der Waals surface area (Å²) >= 11 is 3.54. The summed E-state index contributed by atoms with van der Waals surface area (Å²) in [5.41, 5.74) is 2.02. The topological polar surface area (TPSA) is 38.7 Å². The molecular weight excluding hydrogens is 308 g/mol. The monoisotopic (exact) mass is 328 g/mol. The summed E-state index contributed by atoms with van der Waals surface area (Å²) in [6.45, 7) is 3.37. The van der Waals surface area contributed by atoms with Gasteiger partial charge in [0.2, 0.25) is 0 Å². The molecule has 1 heterocycles. The van der Waals surface area contributed by atoms with Gasteiger partial charge in [0.25, 0.3) is 0 Å². The van der Waals surface area contributed by atoms with Crippen molar-refractivity contribution in [3.05, 3.63) is 27.7 Å². The van der Waals surface area contributed by atoms with Crippen molar-refractivity contribution in [3.63, 3.8) is 0 Å². The van der Waals surface area contributed by atoms with Gasteiger partial charge in [0.05, 0.1) is 6.61 Å². The van der Waals surface area contributed by atoms with E-state index in [2.05, 4.69) is 22.9 Å². The van der Waals surface area contributed by atoms with Gasteiger partial charge >= 0.3 is 0 Å². The molecule has 0 aromatic heterocycles. The minimum atomic E-state index is -0.0996. The van der Waals surface area contributed by atoms with Crippen LogP contribution in [0, 0.1) is 0 Å². The second-order valence-electron chi connectivity index (χ2n) is 4.88. The highest BCUT2D eigenvalue weighted by Gasteiger charge is 2.17. The van der Waals surface area contributed by atoms with Crippen LogP contribution in [0.3, 0.4) is 0 Å². The number of benzene rings is 1. The Morgan fingerprint density at radius 3 is 2.89 bits per heavy atom. The second kappa shape index (κ2) is 7.27. The third kappa shape index (κ3) is 3.94. The van der Waals surface area contributed by atoms with Gasteiger partial charge in [-0.1, -0.05) is 29.3 Å². The number of phenols is 1. The zero-order chi connectivity index (χ0) is 13.7. The van der Waals surface area contributed by atoms with Gasteiger partial charge in [0.15, 0.2) is 6.29 Å². The van der Waals surface area contributed by atoms with Crippen molar-refractivity contribution in [2.45, 2.75) is 51.9 Å². The Bertz CT molecular complexity index is 414. The number of phenolic OH excluding ortho intramolecular Hbond substituents is 1. The number of aromatic hydroxyl groups is 1. The van der Waals surface area contributed by atoms with E-state index in [1.54, 1.807) is 6.07 Å². The summed E-state index contributed by atoms with van der Waals surface area (Å²) in [5, 5.41) is 9.98. The normalized spacial score (nSPS) is 19.6. The highest BCUT2D eigenvalue weighted by atomic mass is 79.9. The Labute approximate surface area is 123 Å². The van der Waals surface area contributed by atoms with Crippen molar-refractivity contribution in [2.75, 3.05) is 6.61 Å². The molecule has 1 fully saturated rings. The Morgan fingerprint density at radius 1 is 1.37 bits per heavy atom. The van der Waals surface area contributed by atoms with Crippen LogP contribution in [0.1, 0.15) is 43.7 Å². The van der Waals surface area contributed by atoms with Crippen LogP contribution in [-0.4, -0.2) is 18.0 Å². The van der Waals surface area contributed by atoms with E-state index in [0.717, 1.165) is 54.3 Å². The number of rotatable bonds is 5. The van der Waals surface area contributed by atoms with Crippen molar-refractivity contribution >= 4 is 15.9 Å². The van der Waals surface area contributed by atoms with Crippen LogP contribution in [0.4, 0.5) is 0 Å². The molecule has 19 heavy (non-hydrogen) atoms. The maximum absolute atomic E-state index is 9.98. The molecule has 1 unspecified atom stereocenters. The fraction of sp³-hybridized carbons (Fsp3) is 0.600. The summed E-state index contributed by atoms with van der Waals surface area (Å²) in [6.07, 6.45) is 4.99. The van der Waals surface area contributed by atoms with E-state index in [4.69, 9.17) is 9.47 Å². The minimum absolute atomic E-state index is 0.0996. The molecule has 1 aromatic carbocycles. The van der Waals surface area contributed by atoms with Crippen LogP contribution >= 0.6 is 15.9 Å². The van der Waals surface area contributed by atoms with Crippen molar-refractivity contribution in [2.24, 2.45) is 0 Å². The average Bonchev–Trinajstić information content (AvgIpc) is 2.43. The molecule has 1 aliphatic rings. The van der Waals surface area contributed by atoms with Gasteiger partial charge in [-0.25, -0.2) is 0 Å². The molecule has 3 nitrogen and oxygen atoms in total. The first-order chi connectivity index (χ1) is 9.22. The van der Waals surface area contributed by atoms with Gasteiger partial charge in [-0.3, -0.25) is 0 Å². The molecule has 0 aliphatic carbocycles. The van der Waals surface area contributed by atoms with Crippen molar-refractivity contribution in [1.82, 2.24) is 0 Å². The van der Waals surface area contributed by atoms with E-state index < -0.39 is 0 Å². The highest BCUT2D eigenvalue weighted by Crippen LogP contribution is 2.30. The van der Waals surface area contributed by atoms with E-state index >= 15 is 0 Å². The molecule has 4 heteroatoms. The highest BCUT2D eigenvalue weighted by molar-refractivity contribution is 9.10. The van der Waals surface area contributed by atoms with Crippen molar-refractivity contribution in [3.8, 4) is 5.75 Å². The summed E-state index contributed by atoms with van der Waals surface area (Å²) in [4.78, 5) is 0. The predicted octanol–water partition coefficient (Wildman–Crippen LogP) is 4.15. The molecule has 0 spiro atoms. The third-order valence-electron chi connectivity index (χ3n) is 3.40. The van der Waals surface area contributed by atoms with Crippen LogP contribution in [-0.2, 0) is 22.5 Å². The molecule has 1 aromatic rings. The van der Waals surface area contributed by atoms with Crippen molar-refractivity contribution in [1.29, 1.82) is 0 Å². The van der Waals surface area contributed by atoms with Crippen LogP contribution < -0.4 is 0 Å². The number of hydrogen-bond acceptors (Lipinski definition) is 3. The van der Waals surface area contributed by atoms with Crippen LogP contribution in [0.15, 0.2) is 16.6 Å². The molecule has 1 aliphatic heterocycles. The molecule has 0 amide bonds. The lowest BCUT2D eigenvalue weighted by Gasteiger charge is -2.23. The Balaban J connectivity index is 2.07. The van der Waals surface area contributed by atoms with E-state index in [-0.39, 0.29) is 6.29 Å². The van der Waals surface area contributed by atoms with E-state index in [0.29, 0.717) is 12.4 Å². The van der Waals surface area contributed by atoms with Crippen molar-refractivity contribution < 1.29 is 14.6 Å². The Kier molecular flexibility index (Phi) is 5.67. The third-order valence-corrected chi connectivity index (χ3v) is 4.14. The van der Waals surface area contributed by atoms with Gasteiger partial charge in [-0.15, -0.1) is 0 Å². The first kappa shape index (κ1) is 14.8. The fourth-order valence-corrected chi connectivity index (χ4v) is 2.84. The zero-order valence-electron chi connectivity index (χ0n) is 11.3. The number of hydrogen-bond donors (Lipinski definition) is 1. The molecular formula is C15H21BrO3. The molecule has 2 rings (SSSR count). The lowest BCUT2D eigenvalue weighted by atomic mass is 10.0. The number of halogens is 1. The predicted molar refractivity (Wildman–Crippen MR) is 78.2 cm³/mol. The first-order valence-electron chi connectivity index (χ1n) is 6.94. The van der Waals surface area contributed by atoms with Gasteiger partial charge in [-0.2, -0.15) is 0 Å². The molecule has 1 saturated heterocycles. The summed E-state index contributed by atoms with van der Waals surface area (Å²) in [5.74, 6) is 0.355. The first-order valence-corrected chi connectivity index (χ1v) is 7.74. The van der Waals surface area contributed by atoms with E-state index in [9.17, 15) is 5.11 Å². The zero-order valence-corrected chi connectivity index (χ0v) is 12.9. The lowest BCUT2D eigenvalue weighted by Crippen LogP contribution is -2.22. The Hall–Kier alpha value is -0.580. The largest absolute Gasteiger partial charge is 0.508 e. The molecule has 0 bridgehead atoms. The Morgan fingerprint density at radius 2 is 2.21 bits per heavy atom. The second-order valence-corrected chi connectivity index (χ2v) is 5.74. The SMILES string of the molecule is CCCc1c(O)ccc(Br)c1COC1CCCCO1. The van der Waals surface area contributed by atoms with E-state index in [1.807, 2.05) is 6.07 Å². The van der Waals surface area contributed by atoms with Crippen LogP contribution in [0.2, 0.25) is 0 Å². The summed E-state index contributed by atoms with van der Waals surface area (Å²) in [7, 11) is 0. The maximum atomic E-state index is 9.98. The quantitative estimate of drug-likeness (QED) is 0.882. The van der Waals surface area contributed by atoms with Gasteiger partial charge in [0, 0.05) is 16.6 Å². The molecule has 106 valence electrons. The maximum Gasteiger partial charge on any atom is 0.158 e. The average molecular weight is 329 g/mol. The minimum Gasteiger partial charge on any atom is -0.508 e. The van der Waals surface area contributed by atoms with Gasteiger partial charge in [-0.05, 0) is 43.4 Å². The van der Waals surface area contributed by atoms with Gasteiger partial charge < -0.3 is 14.6 Å². The van der Waals surface area contributed by atoms with E-state index in [1.165, 1.54) is 0 Å². The molecule has 0 radical (unpaired) electrons.